The van der Waals surface area contributed by atoms with Crippen molar-refractivity contribution in [1.29, 1.82) is 0 Å². The number of carbonyl (C=O) groups is 1. The number of nitrogen functional groups attached to an aromatic ring is 1. The van der Waals surface area contributed by atoms with E-state index in [-0.39, 0.29) is 0 Å². The summed E-state index contributed by atoms with van der Waals surface area (Å²) in [5.41, 5.74) is 9.72. The van der Waals surface area contributed by atoms with Gasteiger partial charge in [0.05, 0.1) is 6.61 Å². The molecule has 6 heteroatoms. The number of carbonyl (C=O) groups excluding carboxylic acids is 1. The molecule has 1 heterocycles. The number of nitrogens with zero attached hydrogens (tertiary/aromatic N) is 1. The summed E-state index contributed by atoms with van der Waals surface area (Å²) >= 11 is 0. The van der Waals surface area contributed by atoms with E-state index in [2.05, 4.69) is 20.2 Å². The number of amides is 1. The lowest BCUT2D eigenvalue weighted by Crippen LogP contribution is -2.11. The van der Waals surface area contributed by atoms with Gasteiger partial charge >= 0.3 is 6.09 Å². The quantitative estimate of drug-likeness (QED) is 0.672. The first-order valence-electron chi connectivity index (χ1n) is 3.67. The van der Waals surface area contributed by atoms with Crippen molar-refractivity contribution in [1.82, 2.24) is 5.16 Å². The predicted molar refractivity (Wildman–Crippen MR) is 46.9 cm³/mol. The van der Waals surface area contributed by atoms with E-state index < -0.39 is 6.09 Å². The minimum atomic E-state index is -0.711. The summed E-state index contributed by atoms with van der Waals surface area (Å²) in [6.07, 6.45) is -0.711. The monoisotopic (exact) mass is 187 g/mol. The second-order valence-corrected chi connectivity index (χ2v) is 2.11. The van der Waals surface area contributed by atoms with Gasteiger partial charge in [0, 0.05) is 6.07 Å². The molecule has 0 radical (unpaired) electrons. The first-order valence-corrected chi connectivity index (χ1v) is 3.67. The maximum Gasteiger partial charge on any atom is 0.404 e. The van der Waals surface area contributed by atoms with Crippen LogP contribution in [0.4, 0.5) is 10.6 Å². The summed E-state index contributed by atoms with van der Waals surface area (Å²) in [5, 5.41) is 3.42. The largest absolute Gasteiger partial charge is 0.450 e. The Morgan fingerprint density at radius 1 is 1.77 bits per heavy atom. The number of anilines is 1. The Balaban J connectivity index is 0.000000226. The van der Waals surface area contributed by atoms with E-state index in [4.69, 9.17) is 5.73 Å². The maximum atomic E-state index is 9.60. The zero-order valence-corrected chi connectivity index (χ0v) is 7.61. The SMILES string of the molecule is CCOC(N)=O.Cc1cc(N)no1. The topological polar surface area (TPSA) is 104 Å². The summed E-state index contributed by atoms with van der Waals surface area (Å²) in [4.78, 5) is 9.60. The Labute approximate surface area is 75.8 Å². The van der Waals surface area contributed by atoms with Gasteiger partial charge in [0.1, 0.15) is 5.76 Å². The highest BCUT2D eigenvalue weighted by Gasteiger charge is 1.89. The Bertz CT molecular complexity index is 243. The minimum absolute atomic E-state index is 0.356. The van der Waals surface area contributed by atoms with E-state index in [0.29, 0.717) is 12.4 Å². The molecule has 1 rings (SSSR count). The average Bonchev–Trinajstić information content (AvgIpc) is 2.35. The van der Waals surface area contributed by atoms with Gasteiger partial charge < -0.3 is 20.7 Å². The van der Waals surface area contributed by atoms with Crippen molar-refractivity contribution in [3.8, 4) is 0 Å². The third kappa shape index (κ3) is 6.67. The molecule has 0 saturated carbocycles. The number of hydrogen-bond acceptors (Lipinski definition) is 5. The molecule has 13 heavy (non-hydrogen) atoms. The molecule has 4 N–H and O–H groups in total. The van der Waals surface area contributed by atoms with Crippen LogP contribution in [0.1, 0.15) is 12.7 Å². The van der Waals surface area contributed by atoms with Crippen molar-refractivity contribution in [2.75, 3.05) is 12.3 Å². The smallest absolute Gasteiger partial charge is 0.404 e. The van der Waals surface area contributed by atoms with E-state index in [1.54, 1.807) is 19.9 Å². The van der Waals surface area contributed by atoms with Crippen LogP contribution in [0.5, 0.6) is 0 Å². The molecule has 1 aromatic heterocycles. The van der Waals surface area contributed by atoms with Crippen LogP contribution in [-0.4, -0.2) is 17.9 Å². The van der Waals surface area contributed by atoms with Crippen molar-refractivity contribution < 1.29 is 14.1 Å². The van der Waals surface area contributed by atoms with Gasteiger partial charge in [-0.05, 0) is 13.8 Å². The number of nitrogens with two attached hydrogens (primary N) is 2. The van der Waals surface area contributed by atoms with Crippen LogP contribution in [-0.2, 0) is 4.74 Å². The maximum absolute atomic E-state index is 9.60. The van der Waals surface area contributed by atoms with Gasteiger partial charge in [-0.3, -0.25) is 0 Å². The minimum Gasteiger partial charge on any atom is -0.450 e. The summed E-state index contributed by atoms with van der Waals surface area (Å²) in [7, 11) is 0. The van der Waals surface area contributed by atoms with Crippen LogP contribution in [0.2, 0.25) is 0 Å². The van der Waals surface area contributed by atoms with Crippen molar-refractivity contribution in [3.63, 3.8) is 0 Å². The van der Waals surface area contributed by atoms with Crippen LogP contribution in [0, 0.1) is 6.92 Å². The molecule has 0 fully saturated rings. The molecule has 0 aromatic carbocycles. The Hall–Kier alpha value is -1.72. The second kappa shape index (κ2) is 5.87. The molecule has 0 atom stereocenters. The van der Waals surface area contributed by atoms with E-state index in [1.807, 2.05) is 0 Å². The fourth-order valence-corrected chi connectivity index (χ4v) is 0.528. The molecule has 1 amide bonds. The summed E-state index contributed by atoms with van der Waals surface area (Å²) in [6.45, 7) is 3.85. The lowest BCUT2D eigenvalue weighted by Gasteiger charge is -1.89. The number of rotatable bonds is 1. The number of ether oxygens (including phenoxy) is 1. The molecule has 0 aliphatic heterocycles. The Kier molecular flexibility index (Phi) is 5.09. The fraction of sp³-hybridized carbons (Fsp3) is 0.429. The van der Waals surface area contributed by atoms with Crippen LogP contribution in [0.25, 0.3) is 0 Å². The van der Waals surface area contributed by atoms with Gasteiger partial charge in [0.15, 0.2) is 5.82 Å². The molecule has 0 unspecified atom stereocenters. The molecule has 0 bridgehead atoms. The Morgan fingerprint density at radius 3 is 2.46 bits per heavy atom. The highest BCUT2D eigenvalue weighted by atomic mass is 16.5. The van der Waals surface area contributed by atoms with E-state index >= 15 is 0 Å². The summed E-state index contributed by atoms with van der Waals surface area (Å²) in [5.74, 6) is 1.19. The molecule has 0 saturated heterocycles. The van der Waals surface area contributed by atoms with Gasteiger partial charge in [-0.15, -0.1) is 0 Å². The van der Waals surface area contributed by atoms with Crippen molar-refractivity contribution in [3.05, 3.63) is 11.8 Å². The van der Waals surface area contributed by atoms with Crippen molar-refractivity contribution >= 4 is 11.9 Å². The van der Waals surface area contributed by atoms with Gasteiger partial charge in [0.2, 0.25) is 0 Å². The van der Waals surface area contributed by atoms with E-state index in [9.17, 15) is 4.79 Å². The van der Waals surface area contributed by atoms with Crippen LogP contribution < -0.4 is 11.5 Å². The molecular formula is C7H13N3O3. The van der Waals surface area contributed by atoms with Crippen LogP contribution in [0.3, 0.4) is 0 Å². The predicted octanol–water partition coefficient (Wildman–Crippen LogP) is 0.667. The highest BCUT2D eigenvalue weighted by Crippen LogP contribution is 2.00. The summed E-state index contributed by atoms with van der Waals surface area (Å²) in [6, 6.07) is 1.67. The molecule has 0 aliphatic carbocycles. The van der Waals surface area contributed by atoms with Gasteiger partial charge in [-0.2, -0.15) is 0 Å². The third-order valence-corrected chi connectivity index (χ3v) is 0.933. The van der Waals surface area contributed by atoms with Gasteiger partial charge in [-0.1, -0.05) is 5.16 Å². The van der Waals surface area contributed by atoms with E-state index in [0.717, 1.165) is 5.76 Å². The normalized spacial score (nSPS) is 8.46. The standard InChI is InChI=1S/C4H6N2O.C3H7NO2/c1-3-2-4(5)6-7-3;1-2-6-3(4)5/h2H,1H3,(H2,5,6);2H2,1H3,(H2,4,5). The molecule has 74 valence electrons. The lowest BCUT2D eigenvalue weighted by atomic mass is 10.5. The second-order valence-electron chi connectivity index (χ2n) is 2.11. The lowest BCUT2D eigenvalue weighted by molar-refractivity contribution is 0.163. The fourth-order valence-electron chi connectivity index (χ4n) is 0.528. The van der Waals surface area contributed by atoms with Crippen LogP contribution in [0.15, 0.2) is 10.6 Å². The summed E-state index contributed by atoms with van der Waals surface area (Å²) < 4.78 is 8.77. The van der Waals surface area contributed by atoms with E-state index in [1.165, 1.54) is 0 Å². The molecule has 0 aliphatic rings. The molecular weight excluding hydrogens is 174 g/mol. The number of hydrogen-bond donors (Lipinski definition) is 2. The zero-order chi connectivity index (χ0) is 10.3. The average molecular weight is 187 g/mol. The van der Waals surface area contributed by atoms with Gasteiger partial charge in [-0.25, -0.2) is 4.79 Å². The molecule has 0 spiro atoms. The van der Waals surface area contributed by atoms with Gasteiger partial charge in [0.25, 0.3) is 0 Å². The third-order valence-electron chi connectivity index (χ3n) is 0.933. The number of primary amides is 1. The molecule has 1 aromatic rings. The zero-order valence-electron chi connectivity index (χ0n) is 7.61. The highest BCUT2D eigenvalue weighted by molar-refractivity contribution is 5.64. The molecule has 6 nitrogen and oxygen atoms in total. The van der Waals surface area contributed by atoms with Crippen molar-refractivity contribution in [2.24, 2.45) is 5.73 Å². The number of aromatic nitrogens is 1. The first-order chi connectivity index (χ1) is 6.06. The Morgan fingerprint density at radius 2 is 2.38 bits per heavy atom. The van der Waals surface area contributed by atoms with Crippen molar-refractivity contribution in [2.45, 2.75) is 13.8 Å². The number of aryl methyl sites for hydroxylation is 1. The van der Waals surface area contributed by atoms with Crippen LogP contribution >= 0.6 is 0 Å². The first kappa shape index (κ1) is 11.3.